The summed E-state index contributed by atoms with van der Waals surface area (Å²) in [5, 5.41) is 0. The molecule has 0 bridgehead atoms. The minimum absolute atomic E-state index is 0.111. The Balaban J connectivity index is 3.37. The Hall–Kier alpha value is -0.580. The van der Waals surface area contributed by atoms with Crippen molar-refractivity contribution in [1.82, 2.24) is 5.73 Å². The molecule has 0 atom stereocenters. The van der Waals surface area contributed by atoms with Gasteiger partial charge in [-0.3, -0.25) is 10.5 Å². The number of carbonyl (C=O) groups excluding carboxylic acids is 1. The Morgan fingerprint density at radius 2 is 1.91 bits per heavy atom. The van der Waals surface area contributed by atoms with Gasteiger partial charge >= 0.3 is 0 Å². The first-order valence-corrected chi connectivity index (χ1v) is 5.40. The summed E-state index contributed by atoms with van der Waals surface area (Å²) in [5.41, 5.74) is 6.52. The Morgan fingerprint density at radius 3 is 2.27 bits per heavy atom. The first kappa shape index (κ1) is 10.4. The summed E-state index contributed by atoms with van der Waals surface area (Å²) in [6.45, 7) is 0. The smallest absolute Gasteiger partial charge is 0.238 e. The number of hydrogen-bond acceptors (Lipinski definition) is 3. The molecular formula is C6H12NO3S. The van der Waals surface area contributed by atoms with Gasteiger partial charge in [0.25, 0.3) is 0 Å². The summed E-state index contributed by atoms with van der Waals surface area (Å²) < 4.78 is 21.1. The van der Waals surface area contributed by atoms with Gasteiger partial charge in [-0.15, -0.1) is 0 Å². The topological polar surface area (TPSA) is 75.0 Å². The minimum atomic E-state index is -2.89. The fraction of sp³-hybridized carbons (Fsp3) is 0.833. The van der Waals surface area contributed by atoms with Crippen LogP contribution in [0.4, 0.5) is 0 Å². The van der Waals surface area contributed by atoms with E-state index < -0.39 is 15.7 Å². The molecule has 65 valence electrons. The maximum atomic E-state index is 10.5. The maximum Gasteiger partial charge on any atom is 0.238 e. The van der Waals surface area contributed by atoms with E-state index in [4.69, 9.17) is 5.73 Å². The molecule has 1 radical (unpaired) electrons. The highest BCUT2D eigenvalue weighted by Crippen LogP contribution is 1.97. The number of carbonyl (C=O) groups is 1. The van der Waals surface area contributed by atoms with Crippen LogP contribution in [0.3, 0.4) is 0 Å². The van der Waals surface area contributed by atoms with Crippen molar-refractivity contribution in [2.45, 2.75) is 19.3 Å². The number of hydrogen-bond donors (Lipinski definition) is 0. The zero-order chi connectivity index (χ0) is 8.91. The molecule has 0 aliphatic heterocycles. The zero-order valence-electron chi connectivity index (χ0n) is 6.46. The van der Waals surface area contributed by atoms with Gasteiger partial charge < -0.3 is 0 Å². The van der Waals surface area contributed by atoms with Crippen LogP contribution >= 0.6 is 0 Å². The Kier molecular flexibility index (Phi) is 4.10. The van der Waals surface area contributed by atoms with E-state index in [0.29, 0.717) is 12.8 Å². The van der Waals surface area contributed by atoms with E-state index in [-0.39, 0.29) is 12.2 Å². The summed E-state index contributed by atoms with van der Waals surface area (Å²) in [4.78, 5) is 10.1. The Bertz CT molecular complexity index is 220. The lowest BCUT2D eigenvalue weighted by Crippen LogP contribution is -2.04. The van der Waals surface area contributed by atoms with Gasteiger partial charge in [-0.2, -0.15) is 0 Å². The highest BCUT2D eigenvalue weighted by molar-refractivity contribution is 7.90. The van der Waals surface area contributed by atoms with E-state index in [0.717, 1.165) is 6.26 Å². The molecule has 0 unspecified atom stereocenters. The van der Waals surface area contributed by atoms with Crippen molar-refractivity contribution < 1.29 is 13.2 Å². The van der Waals surface area contributed by atoms with Crippen LogP contribution < -0.4 is 5.73 Å². The van der Waals surface area contributed by atoms with Crippen LogP contribution in [-0.2, 0) is 14.6 Å². The highest BCUT2D eigenvalue weighted by Gasteiger charge is 2.02. The summed E-state index contributed by atoms with van der Waals surface area (Å²) in [6, 6.07) is 0. The molecule has 1 amide bonds. The molecule has 0 saturated carbocycles. The van der Waals surface area contributed by atoms with E-state index >= 15 is 0 Å². The van der Waals surface area contributed by atoms with Crippen molar-refractivity contribution in [3.8, 4) is 0 Å². The normalized spacial score (nSPS) is 11.4. The van der Waals surface area contributed by atoms with Crippen LogP contribution in [0.1, 0.15) is 19.3 Å². The quantitative estimate of drug-likeness (QED) is 0.556. The molecule has 0 aromatic heterocycles. The number of rotatable bonds is 5. The van der Waals surface area contributed by atoms with Crippen molar-refractivity contribution in [2.24, 2.45) is 0 Å². The van der Waals surface area contributed by atoms with Crippen molar-refractivity contribution in [3.05, 3.63) is 0 Å². The SMILES string of the molecule is CS(=O)(=O)CCCCC([NH])=O. The molecule has 0 spiro atoms. The van der Waals surface area contributed by atoms with Gasteiger partial charge in [-0.05, 0) is 12.8 Å². The van der Waals surface area contributed by atoms with Crippen LogP contribution in [0.25, 0.3) is 0 Å². The van der Waals surface area contributed by atoms with Crippen LogP contribution in [0.15, 0.2) is 0 Å². The summed E-state index contributed by atoms with van der Waals surface area (Å²) in [6.07, 6.45) is 2.30. The molecule has 0 aromatic rings. The molecule has 5 heteroatoms. The van der Waals surface area contributed by atoms with Crippen molar-refractivity contribution in [2.75, 3.05) is 12.0 Å². The molecular weight excluding hydrogens is 166 g/mol. The predicted octanol–water partition coefficient (Wildman–Crippen LogP) is 0.0108. The molecule has 4 nitrogen and oxygen atoms in total. The third-order valence-electron chi connectivity index (χ3n) is 1.17. The second-order valence-electron chi connectivity index (χ2n) is 2.51. The van der Waals surface area contributed by atoms with Gasteiger partial charge in [0.15, 0.2) is 0 Å². The molecule has 11 heavy (non-hydrogen) atoms. The average molecular weight is 178 g/mol. The summed E-state index contributed by atoms with van der Waals surface area (Å²) >= 11 is 0. The second-order valence-corrected chi connectivity index (χ2v) is 4.77. The van der Waals surface area contributed by atoms with E-state index in [9.17, 15) is 13.2 Å². The standard InChI is InChI=1S/C6H12NO3S/c1-11(9,10)5-3-2-4-6(7)8/h7H,2-5H2,1H3. The average Bonchev–Trinajstić information content (AvgIpc) is 1.78. The van der Waals surface area contributed by atoms with E-state index in [2.05, 4.69) is 0 Å². The van der Waals surface area contributed by atoms with Crippen LogP contribution in [-0.4, -0.2) is 26.3 Å². The summed E-state index contributed by atoms with van der Waals surface area (Å²) in [5.74, 6) is -0.515. The number of amides is 1. The first-order valence-electron chi connectivity index (χ1n) is 3.34. The zero-order valence-corrected chi connectivity index (χ0v) is 7.28. The number of sulfone groups is 1. The van der Waals surface area contributed by atoms with E-state index in [1.165, 1.54) is 0 Å². The fourth-order valence-electron chi connectivity index (χ4n) is 0.650. The Morgan fingerprint density at radius 1 is 1.36 bits per heavy atom. The van der Waals surface area contributed by atoms with Gasteiger partial charge in [0.1, 0.15) is 9.84 Å². The number of unbranched alkanes of at least 4 members (excludes halogenated alkanes) is 1. The Labute approximate surface area is 66.7 Å². The summed E-state index contributed by atoms with van der Waals surface area (Å²) in [7, 11) is -2.89. The van der Waals surface area contributed by atoms with Gasteiger partial charge in [-0.25, -0.2) is 8.42 Å². The molecule has 0 aromatic carbocycles. The van der Waals surface area contributed by atoms with Crippen LogP contribution in [0.2, 0.25) is 0 Å². The third kappa shape index (κ3) is 9.42. The molecule has 1 N–H and O–H groups in total. The fourth-order valence-corrected chi connectivity index (χ4v) is 1.38. The lowest BCUT2D eigenvalue weighted by molar-refractivity contribution is -0.118. The van der Waals surface area contributed by atoms with Gasteiger partial charge in [0, 0.05) is 18.4 Å². The highest BCUT2D eigenvalue weighted by atomic mass is 32.2. The maximum absolute atomic E-state index is 10.5. The molecule has 0 heterocycles. The lowest BCUT2D eigenvalue weighted by Gasteiger charge is -1.95. The van der Waals surface area contributed by atoms with Crippen LogP contribution in [0, 0.1) is 0 Å². The van der Waals surface area contributed by atoms with Gasteiger partial charge in [0.2, 0.25) is 5.91 Å². The minimum Gasteiger partial charge on any atom is -0.273 e. The van der Waals surface area contributed by atoms with E-state index in [1.54, 1.807) is 0 Å². The molecule has 0 aliphatic carbocycles. The van der Waals surface area contributed by atoms with Gasteiger partial charge in [0.05, 0.1) is 0 Å². The van der Waals surface area contributed by atoms with E-state index in [1.807, 2.05) is 0 Å². The van der Waals surface area contributed by atoms with Gasteiger partial charge in [-0.1, -0.05) is 0 Å². The monoisotopic (exact) mass is 178 g/mol. The van der Waals surface area contributed by atoms with Crippen molar-refractivity contribution in [3.63, 3.8) is 0 Å². The lowest BCUT2D eigenvalue weighted by atomic mass is 10.2. The molecule has 0 rings (SSSR count). The molecule has 0 fully saturated rings. The second kappa shape index (κ2) is 4.33. The first-order chi connectivity index (χ1) is 4.92. The van der Waals surface area contributed by atoms with Crippen molar-refractivity contribution >= 4 is 15.7 Å². The molecule has 0 aliphatic rings. The molecule has 0 saturated heterocycles. The van der Waals surface area contributed by atoms with Crippen molar-refractivity contribution in [1.29, 1.82) is 0 Å². The predicted molar refractivity (Wildman–Crippen MR) is 41.7 cm³/mol. The number of nitrogens with one attached hydrogen (secondary N) is 1. The third-order valence-corrected chi connectivity index (χ3v) is 2.20. The van der Waals surface area contributed by atoms with Crippen LogP contribution in [0.5, 0.6) is 0 Å². The largest absolute Gasteiger partial charge is 0.273 e.